The quantitative estimate of drug-likeness (QED) is 0.868. The molecule has 0 bridgehead atoms. The van der Waals surface area contributed by atoms with Crippen LogP contribution in [0.15, 0.2) is 18.2 Å². The Morgan fingerprint density at radius 2 is 2.24 bits per heavy atom. The van der Waals surface area contributed by atoms with E-state index in [0.29, 0.717) is 5.92 Å². The third-order valence-electron chi connectivity index (χ3n) is 4.10. The number of hydrogen-bond donors (Lipinski definition) is 1. The van der Waals surface area contributed by atoms with E-state index in [1.807, 2.05) is 12.1 Å². The van der Waals surface area contributed by atoms with Gasteiger partial charge in [-0.15, -0.1) is 0 Å². The summed E-state index contributed by atoms with van der Waals surface area (Å²) in [5.74, 6) is 1.18. The molecule has 1 saturated carbocycles. The molecule has 2 nitrogen and oxygen atoms in total. The minimum Gasteiger partial charge on any atom is -0.496 e. The van der Waals surface area contributed by atoms with Crippen LogP contribution in [-0.4, -0.2) is 12.2 Å². The van der Waals surface area contributed by atoms with Crippen molar-refractivity contribution in [1.82, 2.24) is 0 Å². The first-order valence-electron chi connectivity index (χ1n) is 6.49. The molecule has 94 valence electrons. The molecule has 0 spiro atoms. The molecule has 0 saturated heterocycles. The van der Waals surface area contributed by atoms with Gasteiger partial charge in [-0.3, -0.25) is 0 Å². The van der Waals surface area contributed by atoms with Crippen LogP contribution in [0.3, 0.4) is 0 Å². The number of benzene rings is 1. The second kappa shape index (κ2) is 4.69. The molecule has 0 aromatic heterocycles. The highest BCUT2D eigenvalue weighted by atomic mass is 16.5. The Labute approximate surface area is 104 Å². The summed E-state index contributed by atoms with van der Waals surface area (Å²) >= 11 is 0. The lowest BCUT2D eigenvalue weighted by molar-refractivity contribution is -0.00588. The van der Waals surface area contributed by atoms with E-state index in [4.69, 9.17) is 4.74 Å². The Balaban J connectivity index is 2.47. The Morgan fingerprint density at radius 3 is 2.88 bits per heavy atom. The third-order valence-corrected chi connectivity index (χ3v) is 4.10. The maximum atomic E-state index is 11.0. The van der Waals surface area contributed by atoms with Gasteiger partial charge in [0.05, 0.1) is 12.7 Å². The van der Waals surface area contributed by atoms with Crippen molar-refractivity contribution >= 4 is 0 Å². The number of ether oxygens (including phenoxy) is 1. The molecule has 1 fully saturated rings. The van der Waals surface area contributed by atoms with E-state index in [1.54, 1.807) is 7.11 Å². The molecule has 0 amide bonds. The van der Waals surface area contributed by atoms with Crippen molar-refractivity contribution in [1.29, 1.82) is 0 Å². The van der Waals surface area contributed by atoms with Crippen molar-refractivity contribution in [2.45, 2.75) is 45.1 Å². The molecule has 1 aliphatic rings. The number of hydrogen-bond acceptors (Lipinski definition) is 2. The highest BCUT2D eigenvalue weighted by Crippen LogP contribution is 2.48. The first-order valence-corrected chi connectivity index (χ1v) is 6.49. The Bertz CT molecular complexity index is 400. The van der Waals surface area contributed by atoms with E-state index >= 15 is 0 Å². The molecular formula is C15H22O2. The van der Waals surface area contributed by atoms with Crippen LogP contribution in [0.1, 0.15) is 43.7 Å². The fraction of sp³-hybridized carbons (Fsp3) is 0.600. The summed E-state index contributed by atoms with van der Waals surface area (Å²) in [4.78, 5) is 0. The fourth-order valence-corrected chi connectivity index (χ4v) is 3.12. The summed E-state index contributed by atoms with van der Waals surface area (Å²) in [6.45, 7) is 4.21. The van der Waals surface area contributed by atoms with Crippen LogP contribution in [0.2, 0.25) is 0 Å². The van der Waals surface area contributed by atoms with Crippen LogP contribution in [-0.2, 0) is 5.60 Å². The Hall–Kier alpha value is -1.02. The SMILES string of the molecule is CCC1CCCC1(O)c1cc(C)ccc1OC. The monoisotopic (exact) mass is 234 g/mol. The minimum absolute atomic E-state index is 0.359. The lowest BCUT2D eigenvalue weighted by atomic mass is 9.81. The molecule has 2 atom stereocenters. The summed E-state index contributed by atoms with van der Waals surface area (Å²) in [7, 11) is 1.67. The zero-order valence-corrected chi connectivity index (χ0v) is 11.0. The van der Waals surface area contributed by atoms with Gasteiger partial charge < -0.3 is 9.84 Å². The summed E-state index contributed by atoms with van der Waals surface area (Å²) in [6.07, 6.45) is 4.09. The summed E-state index contributed by atoms with van der Waals surface area (Å²) in [5.41, 5.74) is 1.46. The smallest absolute Gasteiger partial charge is 0.124 e. The van der Waals surface area contributed by atoms with Gasteiger partial charge in [-0.1, -0.05) is 25.0 Å². The lowest BCUT2D eigenvalue weighted by Gasteiger charge is -2.31. The third kappa shape index (κ3) is 2.06. The van der Waals surface area contributed by atoms with Crippen molar-refractivity contribution in [3.63, 3.8) is 0 Å². The van der Waals surface area contributed by atoms with Crippen LogP contribution < -0.4 is 4.74 Å². The van der Waals surface area contributed by atoms with E-state index in [9.17, 15) is 5.11 Å². The largest absolute Gasteiger partial charge is 0.496 e. The van der Waals surface area contributed by atoms with Gasteiger partial charge in [0.2, 0.25) is 0 Å². The van der Waals surface area contributed by atoms with Crippen molar-refractivity contribution in [3.8, 4) is 5.75 Å². The van der Waals surface area contributed by atoms with Gasteiger partial charge in [-0.05, 0) is 44.2 Å². The molecule has 1 N–H and O–H groups in total. The molecular weight excluding hydrogens is 212 g/mol. The van der Waals surface area contributed by atoms with Gasteiger partial charge in [-0.2, -0.15) is 0 Å². The van der Waals surface area contributed by atoms with Crippen LogP contribution >= 0.6 is 0 Å². The van der Waals surface area contributed by atoms with E-state index in [0.717, 1.165) is 37.0 Å². The van der Waals surface area contributed by atoms with E-state index in [2.05, 4.69) is 19.9 Å². The van der Waals surface area contributed by atoms with Crippen molar-refractivity contribution in [3.05, 3.63) is 29.3 Å². The molecule has 0 radical (unpaired) electrons. The highest BCUT2D eigenvalue weighted by Gasteiger charge is 2.43. The van der Waals surface area contributed by atoms with Gasteiger partial charge in [0.25, 0.3) is 0 Å². The van der Waals surface area contributed by atoms with Crippen molar-refractivity contribution in [2.75, 3.05) is 7.11 Å². The van der Waals surface area contributed by atoms with E-state index in [1.165, 1.54) is 5.56 Å². The molecule has 0 aliphatic heterocycles. The number of aryl methyl sites for hydroxylation is 1. The van der Waals surface area contributed by atoms with Crippen LogP contribution in [0.5, 0.6) is 5.75 Å². The first-order chi connectivity index (χ1) is 8.11. The normalized spacial score (nSPS) is 28.4. The second-order valence-electron chi connectivity index (χ2n) is 5.13. The van der Waals surface area contributed by atoms with Crippen LogP contribution in [0.25, 0.3) is 0 Å². The van der Waals surface area contributed by atoms with Gasteiger partial charge >= 0.3 is 0 Å². The Kier molecular flexibility index (Phi) is 3.43. The zero-order chi connectivity index (χ0) is 12.5. The molecule has 2 heteroatoms. The standard InChI is InChI=1S/C15H22O2/c1-4-12-6-5-9-15(12,16)13-10-11(2)7-8-14(13)17-3/h7-8,10,12,16H,4-6,9H2,1-3H3. The maximum Gasteiger partial charge on any atom is 0.124 e. The van der Waals surface area contributed by atoms with Crippen LogP contribution in [0.4, 0.5) is 0 Å². The Morgan fingerprint density at radius 1 is 1.47 bits per heavy atom. The molecule has 1 aromatic carbocycles. The first kappa shape index (κ1) is 12.4. The predicted molar refractivity (Wildman–Crippen MR) is 69.3 cm³/mol. The number of rotatable bonds is 3. The maximum absolute atomic E-state index is 11.0. The number of aliphatic hydroxyl groups is 1. The van der Waals surface area contributed by atoms with Crippen molar-refractivity contribution in [2.24, 2.45) is 5.92 Å². The topological polar surface area (TPSA) is 29.5 Å². The summed E-state index contributed by atoms with van der Waals surface area (Å²) < 4.78 is 5.41. The van der Waals surface area contributed by atoms with Gasteiger partial charge in [-0.25, -0.2) is 0 Å². The predicted octanol–water partition coefficient (Wildman–Crippen LogP) is 3.40. The van der Waals surface area contributed by atoms with E-state index < -0.39 is 5.60 Å². The fourth-order valence-electron chi connectivity index (χ4n) is 3.12. The minimum atomic E-state index is -0.688. The second-order valence-corrected chi connectivity index (χ2v) is 5.13. The van der Waals surface area contributed by atoms with E-state index in [-0.39, 0.29) is 0 Å². The molecule has 2 unspecified atom stereocenters. The average Bonchev–Trinajstić information content (AvgIpc) is 2.71. The van der Waals surface area contributed by atoms with Crippen molar-refractivity contribution < 1.29 is 9.84 Å². The lowest BCUT2D eigenvalue weighted by Crippen LogP contribution is -2.30. The van der Waals surface area contributed by atoms with Gasteiger partial charge in [0.15, 0.2) is 0 Å². The van der Waals surface area contributed by atoms with Crippen LogP contribution in [0, 0.1) is 12.8 Å². The molecule has 17 heavy (non-hydrogen) atoms. The molecule has 0 heterocycles. The molecule has 1 aromatic rings. The zero-order valence-electron chi connectivity index (χ0n) is 11.0. The molecule has 2 rings (SSSR count). The molecule has 1 aliphatic carbocycles. The summed E-state index contributed by atoms with van der Waals surface area (Å²) in [6, 6.07) is 6.07. The summed E-state index contributed by atoms with van der Waals surface area (Å²) in [5, 5.41) is 11.0. The highest BCUT2D eigenvalue weighted by molar-refractivity contribution is 5.42. The van der Waals surface area contributed by atoms with Gasteiger partial charge in [0.1, 0.15) is 5.75 Å². The average molecular weight is 234 g/mol. The van der Waals surface area contributed by atoms with Gasteiger partial charge in [0, 0.05) is 5.56 Å². The number of methoxy groups -OCH3 is 1.